The summed E-state index contributed by atoms with van der Waals surface area (Å²) in [6.07, 6.45) is 9.78. The third-order valence-electron chi connectivity index (χ3n) is 4.81. The van der Waals surface area contributed by atoms with Crippen LogP contribution in [0.15, 0.2) is 0 Å². The summed E-state index contributed by atoms with van der Waals surface area (Å²) in [5.74, 6) is 1.10. The molecule has 1 aliphatic carbocycles. The highest BCUT2D eigenvalue weighted by atomic mass is 15.2. The lowest BCUT2D eigenvalue weighted by molar-refractivity contribution is 0.194. The first kappa shape index (κ1) is 13.4. The highest BCUT2D eigenvalue weighted by Crippen LogP contribution is 2.33. The van der Waals surface area contributed by atoms with Crippen molar-refractivity contribution in [3.63, 3.8) is 0 Å². The van der Waals surface area contributed by atoms with Gasteiger partial charge in [0.2, 0.25) is 0 Å². The number of hydrogen-bond acceptors (Lipinski definition) is 2. The third-order valence-corrected chi connectivity index (χ3v) is 4.81. The van der Waals surface area contributed by atoms with Gasteiger partial charge in [-0.15, -0.1) is 0 Å². The SMILES string of the molecule is CCC1(CC)CN(CCCC2CC2)CCCN1. The summed E-state index contributed by atoms with van der Waals surface area (Å²) < 4.78 is 0. The van der Waals surface area contributed by atoms with E-state index in [1.54, 1.807) is 0 Å². The maximum atomic E-state index is 3.79. The van der Waals surface area contributed by atoms with Crippen LogP contribution < -0.4 is 5.32 Å². The first-order valence-corrected chi connectivity index (χ1v) is 7.75. The molecule has 0 aromatic heterocycles. The quantitative estimate of drug-likeness (QED) is 0.765. The number of nitrogens with zero attached hydrogens (tertiary/aromatic N) is 1. The normalized spacial score (nSPS) is 25.8. The summed E-state index contributed by atoms with van der Waals surface area (Å²) in [4.78, 5) is 2.72. The predicted octanol–water partition coefficient (Wildman–Crippen LogP) is 3.03. The highest BCUT2D eigenvalue weighted by molar-refractivity contribution is 4.91. The molecule has 1 N–H and O–H groups in total. The molecule has 100 valence electrons. The van der Waals surface area contributed by atoms with Crippen LogP contribution in [-0.4, -0.2) is 36.6 Å². The molecule has 0 radical (unpaired) electrons. The molecule has 2 nitrogen and oxygen atoms in total. The standard InChI is InChI=1S/C15H30N2/c1-3-15(4-2)13-17(12-6-10-16-15)11-5-7-14-8-9-14/h14,16H,3-13H2,1-2H3. The number of hydrogen-bond donors (Lipinski definition) is 1. The van der Waals surface area contributed by atoms with Crippen LogP contribution in [0.3, 0.4) is 0 Å². The van der Waals surface area contributed by atoms with E-state index in [4.69, 9.17) is 0 Å². The first-order valence-electron chi connectivity index (χ1n) is 7.75. The van der Waals surface area contributed by atoms with E-state index in [0.29, 0.717) is 5.54 Å². The largest absolute Gasteiger partial charge is 0.310 e. The monoisotopic (exact) mass is 238 g/mol. The van der Waals surface area contributed by atoms with Crippen molar-refractivity contribution in [3.8, 4) is 0 Å². The molecular weight excluding hydrogens is 208 g/mol. The fraction of sp³-hybridized carbons (Fsp3) is 1.00. The summed E-state index contributed by atoms with van der Waals surface area (Å²) in [5.41, 5.74) is 0.399. The molecule has 1 aliphatic heterocycles. The van der Waals surface area contributed by atoms with Crippen molar-refractivity contribution < 1.29 is 0 Å². The molecular formula is C15H30N2. The predicted molar refractivity (Wildman–Crippen MR) is 74.3 cm³/mol. The van der Waals surface area contributed by atoms with E-state index in [2.05, 4.69) is 24.1 Å². The fourth-order valence-corrected chi connectivity index (χ4v) is 3.14. The van der Waals surface area contributed by atoms with Crippen molar-refractivity contribution >= 4 is 0 Å². The van der Waals surface area contributed by atoms with Gasteiger partial charge in [0.05, 0.1) is 0 Å². The number of nitrogens with one attached hydrogen (secondary N) is 1. The van der Waals surface area contributed by atoms with E-state index in [9.17, 15) is 0 Å². The van der Waals surface area contributed by atoms with Crippen molar-refractivity contribution in [1.29, 1.82) is 0 Å². The van der Waals surface area contributed by atoms with E-state index in [0.717, 1.165) is 5.92 Å². The van der Waals surface area contributed by atoms with Gasteiger partial charge in [0.1, 0.15) is 0 Å². The molecule has 17 heavy (non-hydrogen) atoms. The molecule has 0 aromatic rings. The van der Waals surface area contributed by atoms with Crippen molar-refractivity contribution in [3.05, 3.63) is 0 Å². The van der Waals surface area contributed by atoms with Crippen LogP contribution in [0.4, 0.5) is 0 Å². The Morgan fingerprint density at radius 1 is 1.24 bits per heavy atom. The highest BCUT2D eigenvalue weighted by Gasteiger charge is 2.30. The van der Waals surface area contributed by atoms with Gasteiger partial charge in [0.25, 0.3) is 0 Å². The van der Waals surface area contributed by atoms with E-state index >= 15 is 0 Å². The number of rotatable bonds is 6. The van der Waals surface area contributed by atoms with Gasteiger partial charge in [-0.2, -0.15) is 0 Å². The van der Waals surface area contributed by atoms with Crippen molar-refractivity contribution in [2.45, 2.75) is 64.3 Å². The van der Waals surface area contributed by atoms with Crippen molar-refractivity contribution in [2.75, 3.05) is 26.2 Å². The second-order valence-electron chi connectivity index (χ2n) is 6.13. The minimum Gasteiger partial charge on any atom is -0.310 e. The first-order chi connectivity index (χ1) is 8.28. The minimum atomic E-state index is 0.399. The van der Waals surface area contributed by atoms with Gasteiger partial charge in [0.15, 0.2) is 0 Å². The zero-order valence-corrected chi connectivity index (χ0v) is 11.8. The summed E-state index contributed by atoms with van der Waals surface area (Å²) in [6.45, 7) is 9.79. The molecule has 0 aromatic carbocycles. The molecule has 1 saturated carbocycles. The minimum absolute atomic E-state index is 0.399. The Bertz CT molecular complexity index is 219. The van der Waals surface area contributed by atoms with E-state index in [-0.39, 0.29) is 0 Å². The van der Waals surface area contributed by atoms with Crippen LogP contribution in [0, 0.1) is 5.92 Å². The Labute approximate surface area is 107 Å². The molecule has 1 heterocycles. The van der Waals surface area contributed by atoms with Crippen LogP contribution in [0.1, 0.15) is 58.8 Å². The van der Waals surface area contributed by atoms with E-state index < -0.39 is 0 Å². The molecule has 0 unspecified atom stereocenters. The Morgan fingerprint density at radius 3 is 2.65 bits per heavy atom. The summed E-state index contributed by atoms with van der Waals surface area (Å²) >= 11 is 0. The summed E-state index contributed by atoms with van der Waals surface area (Å²) in [5, 5.41) is 3.79. The molecule has 0 atom stereocenters. The van der Waals surface area contributed by atoms with Crippen LogP contribution in [0.2, 0.25) is 0 Å². The molecule has 0 bridgehead atoms. The average Bonchev–Trinajstić information content (AvgIpc) is 3.16. The maximum Gasteiger partial charge on any atom is 0.0303 e. The molecule has 2 heteroatoms. The zero-order valence-electron chi connectivity index (χ0n) is 11.8. The van der Waals surface area contributed by atoms with E-state index in [1.807, 2.05) is 0 Å². The fourth-order valence-electron chi connectivity index (χ4n) is 3.14. The van der Waals surface area contributed by atoms with Crippen LogP contribution in [0.25, 0.3) is 0 Å². The van der Waals surface area contributed by atoms with Gasteiger partial charge in [-0.1, -0.05) is 26.7 Å². The second-order valence-corrected chi connectivity index (χ2v) is 6.13. The average molecular weight is 238 g/mol. The Kier molecular flexibility index (Phi) is 4.87. The Hall–Kier alpha value is -0.0800. The van der Waals surface area contributed by atoms with Crippen molar-refractivity contribution in [1.82, 2.24) is 10.2 Å². The molecule has 2 rings (SSSR count). The second kappa shape index (κ2) is 6.19. The van der Waals surface area contributed by atoms with E-state index in [1.165, 1.54) is 71.1 Å². The van der Waals surface area contributed by atoms with Crippen molar-refractivity contribution in [2.24, 2.45) is 5.92 Å². The lowest BCUT2D eigenvalue weighted by Crippen LogP contribution is -2.50. The molecule has 2 aliphatic rings. The lowest BCUT2D eigenvalue weighted by atomic mass is 9.92. The smallest absolute Gasteiger partial charge is 0.0303 e. The molecule has 1 saturated heterocycles. The van der Waals surface area contributed by atoms with Gasteiger partial charge >= 0.3 is 0 Å². The topological polar surface area (TPSA) is 15.3 Å². The third kappa shape index (κ3) is 3.96. The maximum absolute atomic E-state index is 3.79. The zero-order chi connectivity index (χ0) is 12.1. The lowest BCUT2D eigenvalue weighted by Gasteiger charge is -2.35. The van der Waals surface area contributed by atoms with Gasteiger partial charge < -0.3 is 10.2 Å². The Balaban J connectivity index is 1.78. The summed E-state index contributed by atoms with van der Waals surface area (Å²) in [6, 6.07) is 0. The Morgan fingerprint density at radius 2 is 2.00 bits per heavy atom. The van der Waals surface area contributed by atoms with Crippen LogP contribution in [0.5, 0.6) is 0 Å². The molecule has 0 spiro atoms. The van der Waals surface area contributed by atoms with Gasteiger partial charge in [-0.25, -0.2) is 0 Å². The van der Waals surface area contributed by atoms with Gasteiger partial charge in [0, 0.05) is 12.1 Å². The molecule has 2 fully saturated rings. The molecule has 0 amide bonds. The van der Waals surface area contributed by atoms with Gasteiger partial charge in [-0.05, 0) is 57.7 Å². The van der Waals surface area contributed by atoms with Crippen LogP contribution >= 0.6 is 0 Å². The summed E-state index contributed by atoms with van der Waals surface area (Å²) in [7, 11) is 0. The van der Waals surface area contributed by atoms with Gasteiger partial charge in [-0.3, -0.25) is 0 Å². The van der Waals surface area contributed by atoms with Crippen LogP contribution in [-0.2, 0) is 0 Å².